The Morgan fingerprint density at radius 1 is 1.06 bits per heavy atom. The number of hydrogen-bond acceptors (Lipinski definition) is 5. The van der Waals surface area contributed by atoms with Gasteiger partial charge in [0.25, 0.3) is 5.91 Å². The molecule has 3 rings (SSSR count). The fraction of sp³-hybridized carbons (Fsp3) is 0.391. The second-order valence-corrected chi connectivity index (χ2v) is 9.85. The molecular formula is C23H27FN2O5S. The van der Waals surface area contributed by atoms with E-state index >= 15 is 0 Å². The number of nitrogens with zero attached hydrogens (tertiary/aromatic N) is 1. The predicted molar refractivity (Wildman–Crippen MR) is 118 cm³/mol. The Kier molecular flexibility index (Phi) is 7.63. The summed E-state index contributed by atoms with van der Waals surface area (Å²) in [6, 6.07) is 11.1. The Balaban J connectivity index is 1.63. The molecule has 1 aliphatic rings. The van der Waals surface area contributed by atoms with Gasteiger partial charge in [-0.1, -0.05) is 31.4 Å². The zero-order valence-corrected chi connectivity index (χ0v) is 18.9. The molecule has 0 aliphatic heterocycles. The number of nitrogens with one attached hydrogen (secondary N) is 1. The average molecular weight is 463 g/mol. The number of ether oxygens (including phenoxy) is 1. The third-order valence-electron chi connectivity index (χ3n) is 5.64. The van der Waals surface area contributed by atoms with Crippen LogP contribution in [0, 0.1) is 5.82 Å². The highest BCUT2D eigenvalue weighted by Gasteiger charge is 2.29. The molecule has 0 aromatic heterocycles. The second-order valence-electron chi connectivity index (χ2n) is 7.85. The first-order valence-electron chi connectivity index (χ1n) is 10.5. The van der Waals surface area contributed by atoms with Crippen LogP contribution in [0.5, 0.6) is 0 Å². The molecule has 1 saturated carbocycles. The van der Waals surface area contributed by atoms with E-state index in [0.29, 0.717) is 0 Å². The maximum Gasteiger partial charge on any atom is 0.338 e. The lowest BCUT2D eigenvalue weighted by molar-refractivity contribution is -0.123. The molecule has 1 unspecified atom stereocenters. The fourth-order valence-electron chi connectivity index (χ4n) is 3.65. The maximum atomic E-state index is 13.7. The number of hydrogen-bond donors (Lipinski definition) is 1. The predicted octanol–water partition coefficient (Wildman–Crippen LogP) is 3.96. The third kappa shape index (κ3) is 5.52. The molecule has 0 radical (unpaired) electrons. The van der Waals surface area contributed by atoms with Crippen LogP contribution in [0.2, 0.25) is 0 Å². The summed E-state index contributed by atoms with van der Waals surface area (Å²) in [7, 11) is -2.09. The van der Waals surface area contributed by atoms with E-state index in [4.69, 9.17) is 4.74 Å². The van der Waals surface area contributed by atoms with Crippen molar-refractivity contribution in [1.29, 1.82) is 0 Å². The summed E-state index contributed by atoms with van der Waals surface area (Å²) < 4.78 is 46.0. The van der Waals surface area contributed by atoms with Gasteiger partial charge in [-0.3, -0.25) is 4.79 Å². The topological polar surface area (TPSA) is 92.8 Å². The van der Waals surface area contributed by atoms with Crippen LogP contribution in [-0.4, -0.2) is 43.8 Å². The molecule has 0 spiro atoms. The van der Waals surface area contributed by atoms with Crippen molar-refractivity contribution in [3.05, 3.63) is 59.9 Å². The SMILES string of the molecule is CC(OC(=O)c1ccc(S(=O)(=O)N(C)C2CCCCC2)cc1)C(=O)Nc1ccccc1F. The van der Waals surface area contributed by atoms with Crippen molar-refractivity contribution in [3.8, 4) is 0 Å². The van der Waals surface area contributed by atoms with Gasteiger partial charge in [0, 0.05) is 13.1 Å². The highest BCUT2D eigenvalue weighted by atomic mass is 32.2. The highest BCUT2D eigenvalue weighted by molar-refractivity contribution is 7.89. The minimum absolute atomic E-state index is 0.0166. The molecule has 1 atom stereocenters. The minimum Gasteiger partial charge on any atom is -0.449 e. The van der Waals surface area contributed by atoms with Gasteiger partial charge in [0.05, 0.1) is 16.1 Å². The van der Waals surface area contributed by atoms with Gasteiger partial charge in [0.1, 0.15) is 5.82 Å². The number of benzene rings is 2. The molecule has 9 heteroatoms. The number of carbonyl (C=O) groups is 2. The van der Waals surface area contributed by atoms with Gasteiger partial charge in [-0.05, 0) is 56.2 Å². The number of esters is 1. The van der Waals surface area contributed by atoms with Crippen LogP contribution in [-0.2, 0) is 19.6 Å². The fourth-order valence-corrected chi connectivity index (χ4v) is 5.07. The van der Waals surface area contributed by atoms with Crippen molar-refractivity contribution in [2.75, 3.05) is 12.4 Å². The standard InChI is InChI=1S/C23H27FN2O5S/c1-16(22(27)25-21-11-7-6-10-20(21)24)31-23(28)17-12-14-19(15-13-17)32(29,30)26(2)18-8-4-3-5-9-18/h6-7,10-16,18H,3-5,8-9H2,1-2H3,(H,25,27). The van der Waals surface area contributed by atoms with E-state index in [1.165, 1.54) is 53.7 Å². The molecule has 7 nitrogen and oxygen atoms in total. The summed E-state index contributed by atoms with van der Waals surface area (Å²) in [5.41, 5.74) is 0.0897. The summed E-state index contributed by atoms with van der Waals surface area (Å²) in [6.45, 7) is 1.37. The summed E-state index contributed by atoms with van der Waals surface area (Å²) in [4.78, 5) is 24.7. The van der Waals surface area contributed by atoms with Crippen LogP contribution < -0.4 is 5.32 Å². The molecule has 1 fully saturated rings. The molecule has 2 aromatic rings. The van der Waals surface area contributed by atoms with Crippen LogP contribution in [0.1, 0.15) is 49.4 Å². The molecule has 1 N–H and O–H groups in total. The van der Waals surface area contributed by atoms with Crippen molar-refractivity contribution in [3.63, 3.8) is 0 Å². The molecule has 172 valence electrons. The van der Waals surface area contributed by atoms with E-state index in [-0.39, 0.29) is 22.2 Å². The van der Waals surface area contributed by atoms with E-state index in [1.54, 1.807) is 13.1 Å². The Bertz CT molecular complexity index is 1070. The van der Waals surface area contributed by atoms with E-state index in [9.17, 15) is 22.4 Å². The first-order chi connectivity index (χ1) is 15.2. The Morgan fingerprint density at radius 3 is 2.31 bits per heavy atom. The molecule has 0 bridgehead atoms. The molecular weight excluding hydrogens is 435 g/mol. The normalized spacial score (nSPS) is 15.9. The van der Waals surface area contributed by atoms with Crippen LogP contribution >= 0.6 is 0 Å². The van der Waals surface area contributed by atoms with Crippen LogP contribution in [0.25, 0.3) is 0 Å². The van der Waals surface area contributed by atoms with Crippen molar-refractivity contribution in [1.82, 2.24) is 4.31 Å². The van der Waals surface area contributed by atoms with Crippen LogP contribution in [0.4, 0.5) is 10.1 Å². The highest BCUT2D eigenvalue weighted by Crippen LogP contribution is 2.26. The van der Waals surface area contributed by atoms with Crippen molar-refractivity contribution in [2.45, 2.75) is 56.1 Å². The van der Waals surface area contributed by atoms with Crippen LogP contribution in [0.3, 0.4) is 0 Å². The van der Waals surface area contributed by atoms with Gasteiger partial charge in [0.15, 0.2) is 6.10 Å². The molecule has 0 saturated heterocycles. The van der Waals surface area contributed by atoms with Gasteiger partial charge in [-0.25, -0.2) is 17.6 Å². The number of carbonyl (C=O) groups excluding carboxylic acids is 2. The van der Waals surface area contributed by atoms with E-state index < -0.39 is 33.8 Å². The molecule has 1 aliphatic carbocycles. The van der Waals surface area contributed by atoms with Gasteiger partial charge in [-0.2, -0.15) is 4.31 Å². The third-order valence-corrected chi connectivity index (χ3v) is 7.56. The summed E-state index contributed by atoms with van der Waals surface area (Å²) >= 11 is 0. The largest absolute Gasteiger partial charge is 0.449 e. The molecule has 0 heterocycles. The van der Waals surface area contributed by atoms with Gasteiger partial charge < -0.3 is 10.1 Å². The second kappa shape index (κ2) is 10.2. The lowest BCUT2D eigenvalue weighted by Gasteiger charge is -2.30. The lowest BCUT2D eigenvalue weighted by atomic mass is 9.96. The summed E-state index contributed by atoms with van der Waals surface area (Å²) in [6.07, 6.45) is 3.65. The lowest BCUT2D eigenvalue weighted by Crippen LogP contribution is -2.38. The zero-order valence-electron chi connectivity index (χ0n) is 18.1. The first-order valence-corrected chi connectivity index (χ1v) is 12.0. The number of halogens is 1. The average Bonchev–Trinajstić information content (AvgIpc) is 2.80. The monoisotopic (exact) mass is 462 g/mol. The Labute approximate surface area is 187 Å². The molecule has 32 heavy (non-hydrogen) atoms. The van der Waals surface area contributed by atoms with E-state index in [1.807, 2.05) is 0 Å². The first kappa shape index (κ1) is 23.9. The van der Waals surface area contributed by atoms with Crippen LogP contribution in [0.15, 0.2) is 53.4 Å². The maximum absolute atomic E-state index is 13.7. The number of sulfonamides is 1. The number of para-hydroxylation sites is 1. The van der Waals surface area contributed by atoms with Gasteiger partial charge >= 0.3 is 5.97 Å². The Morgan fingerprint density at radius 2 is 1.69 bits per heavy atom. The molecule has 1 amide bonds. The van der Waals surface area contributed by atoms with E-state index in [2.05, 4.69) is 5.32 Å². The quantitative estimate of drug-likeness (QED) is 0.629. The molecule has 2 aromatic carbocycles. The number of rotatable bonds is 7. The van der Waals surface area contributed by atoms with Crippen molar-refractivity contribution >= 4 is 27.6 Å². The zero-order chi connectivity index (χ0) is 23.3. The van der Waals surface area contributed by atoms with Crippen molar-refractivity contribution in [2.24, 2.45) is 0 Å². The summed E-state index contributed by atoms with van der Waals surface area (Å²) in [5, 5.41) is 2.36. The van der Waals surface area contributed by atoms with Gasteiger partial charge in [-0.15, -0.1) is 0 Å². The van der Waals surface area contributed by atoms with Gasteiger partial charge in [0.2, 0.25) is 10.0 Å². The summed E-state index contributed by atoms with van der Waals surface area (Å²) in [5.74, 6) is -2.07. The minimum atomic E-state index is -3.67. The van der Waals surface area contributed by atoms with E-state index in [0.717, 1.165) is 32.1 Å². The number of anilines is 1. The smallest absolute Gasteiger partial charge is 0.338 e. The number of amides is 1. The van der Waals surface area contributed by atoms with Crippen molar-refractivity contribution < 1.29 is 27.1 Å². The Hall–Kier alpha value is -2.78.